The summed E-state index contributed by atoms with van der Waals surface area (Å²) in [6, 6.07) is 0. The van der Waals surface area contributed by atoms with Crippen molar-refractivity contribution in [3.63, 3.8) is 0 Å². The van der Waals surface area contributed by atoms with Gasteiger partial charge in [0, 0.05) is 6.20 Å². The maximum Gasteiger partial charge on any atom is 0.341 e. The number of rotatable bonds is 2. The van der Waals surface area contributed by atoms with Crippen LogP contribution < -0.4 is 5.43 Å². The largest absolute Gasteiger partial charge is 0.477 e. The van der Waals surface area contributed by atoms with Crippen molar-refractivity contribution < 1.29 is 18.7 Å². The lowest BCUT2D eigenvalue weighted by Crippen LogP contribution is -2.21. The Labute approximate surface area is 90.1 Å². The highest BCUT2D eigenvalue weighted by Crippen LogP contribution is 2.18. The number of aromatic amines is 1. The van der Waals surface area contributed by atoms with Gasteiger partial charge in [-0.2, -0.15) is 0 Å². The highest BCUT2D eigenvalue weighted by Gasteiger charge is 2.22. The van der Waals surface area contributed by atoms with Gasteiger partial charge < -0.3 is 10.1 Å². The number of pyridine rings is 1. The molecular weight excluding hydrogens is 311 g/mol. The summed E-state index contributed by atoms with van der Waals surface area (Å²) >= 11 is 1.57. The van der Waals surface area contributed by atoms with Crippen LogP contribution in [0.1, 0.15) is 22.5 Å². The molecule has 0 amide bonds. The molecule has 7 heteroatoms. The van der Waals surface area contributed by atoms with Crippen molar-refractivity contribution in [2.24, 2.45) is 0 Å². The van der Waals surface area contributed by atoms with Crippen LogP contribution in [0.2, 0.25) is 0 Å². The van der Waals surface area contributed by atoms with Gasteiger partial charge in [-0.3, -0.25) is 4.79 Å². The Hall–Kier alpha value is -0.990. The molecule has 0 aliphatic rings. The Morgan fingerprint density at radius 1 is 1.57 bits per heavy atom. The van der Waals surface area contributed by atoms with Crippen LogP contribution in [0, 0.1) is 3.57 Å². The average Bonchev–Trinajstić information content (AvgIpc) is 2.08. The number of hydrogen-bond donors (Lipinski definition) is 2. The summed E-state index contributed by atoms with van der Waals surface area (Å²) in [5, 5.41) is 8.56. The fraction of sp³-hybridized carbons (Fsp3) is 0.143. The molecule has 0 aromatic carbocycles. The molecule has 76 valence electrons. The van der Waals surface area contributed by atoms with Crippen molar-refractivity contribution in [3.05, 3.63) is 31.2 Å². The average molecular weight is 315 g/mol. The van der Waals surface area contributed by atoms with Crippen LogP contribution in [0.15, 0.2) is 11.0 Å². The van der Waals surface area contributed by atoms with E-state index in [-0.39, 0.29) is 3.57 Å². The van der Waals surface area contributed by atoms with Gasteiger partial charge in [0.2, 0.25) is 5.43 Å². The van der Waals surface area contributed by atoms with Crippen molar-refractivity contribution in [2.75, 3.05) is 0 Å². The first-order valence-electron chi connectivity index (χ1n) is 3.37. The number of halogens is 3. The first-order valence-corrected chi connectivity index (χ1v) is 4.45. The maximum atomic E-state index is 12.3. The Morgan fingerprint density at radius 2 is 2.14 bits per heavy atom. The van der Waals surface area contributed by atoms with Crippen LogP contribution >= 0.6 is 22.6 Å². The molecule has 1 aromatic rings. The topological polar surface area (TPSA) is 70.2 Å². The van der Waals surface area contributed by atoms with Crippen LogP contribution in [0.5, 0.6) is 0 Å². The van der Waals surface area contributed by atoms with Crippen molar-refractivity contribution in [1.82, 2.24) is 4.98 Å². The number of carboxylic acid groups (broad SMARTS) is 1. The van der Waals surface area contributed by atoms with E-state index in [0.29, 0.717) is 0 Å². The van der Waals surface area contributed by atoms with Gasteiger partial charge in [0.25, 0.3) is 6.43 Å². The van der Waals surface area contributed by atoms with Crippen LogP contribution in [-0.4, -0.2) is 16.1 Å². The predicted octanol–water partition coefficient (Wildman–Crippen LogP) is 1.62. The molecule has 0 fully saturated rings. The number of carbonyl (C=O) groups is 1. The van der Waals surface area contributed by atoms with E-state index in [1.807, 2.05) is 0 Å². The first-order chi connectivity index (χ1) is 6.45. The van der Waals surface area contributed by atoms with Gasteiger partial charge in [0.1, 0.15) is 11.3 Å². The van der Waals surface area contributed by atoms with Crippen molar-refractivity contribution in [1.29, 1.82) is 0 Å². The van der Waals surface area contributed by atoms with Gasteiger partial charge in [-0.1, -0.05) is 0 Å². The molecule has 0 unspecified atom stereocenters. The SMILES string of the molecule is O=C(O)c1c(C(F)F)[nH]cc(I)c1=O. The molecule has 2 N–H and O–H groups in total. The van der Waals surface area contributed by atoms with E-state index in [2.05, 4.69) is 4.98 Å². The normalized spacial score (nSPS) is 10.6. The molecular formula is C7H4F2INO3. The third-order valence-corrected chi connectivity index (χ3v) is 2.30. The van der Waals surface area contributed by atoms with E-state index in [1.54, 1.807) is 22.6 Å². The third kappa shape index (κ3) is 1.91. The van der Waals surface area contributed by atoms with E-state index < -0.39 is 29.1 Å². The van der Waals surface area contributed by atoms with E-state index in [1.165, 1.54) is 0 Å². The van der Waals surface area contributed by atoms with Crippen molar-refractivity contribution >= 4 is 28.6 Å². The molecule has 14 heavy (non-hydrogen) atoms. The number of aromatic carboxylic acids is 1. The Balaban J connectivity index is 3.54. The number of aromatic nitrogens is 1. The van der Waals surface area contributed by atoms with Gasteiger partial charge in [-0.05, 0) is 22.6 Å². The summed E-state index contributed by atoms with van der Waals surface area (Å²) in [4.78, 5) is 23.8. The zero-order chi connectivity index (χ0) is 10.9. The van der Waals surface area contributed by atoms with E-state index in [9.17, 15) is 18.4 Å². The number of nitrogens with one attached hydrogen (secondary N) is 1. The lowest BCUT2D eigenvalue weighted by atomic mass is 10.2. The zero-order valence-corrected chi connectivity index (χ0v) is 8.71. The van der Waals surface area contributed by atoms with E-state index >= 15 is 0 Å². The summed E-state index contributed by atoms with van der Waals surface area (Å²) < 4.78 is 24.6. The second kappa shape index (κ2) is 4.03. The van der Waals surface area contributed by atoms with Crippen molar-refractivity contribution in [2.45, 2.75) is 6.43 Å². The third-order valence-electron chi connectivity index (χ3n) is 1.50. The fourth-order valence-electron chi connectivity index (χ4n) is 0.905. The summed E-state index contributed by atoms with van der Waals surface area (Å²) in [5.41, 5.74) is -2.65. The van der Waals surface area contributed by atoms with E-state index in [4.69, 9.17) is 5.11 Å². The second-order valence-electron chi connectivity index (χ2n) is 2.36. The summed E-state index contributed by atoms with van der Waals surface area (Å²) in [7, 11) is 0. The van der Waals surface area contributed by atoms with Gasteiger partial charge in [0.05, 0.1) is 3.57 Å². The smallest absolute Gasteiger partial charge is 0.341 e. The lowest BCUT2D eigenvalue weighted by Gasteiger charge is -2.04. The fourth-order valence-corrected chi connectivity index (χ4v) is 1.33. The van der Waals surface area contributed by atoms with Gasteiger partial charge >= 0.3 is 5.97 Å². The predicted molar refractivity (Wildman–Crippen MR) is 51.7 cm³/mol. The Morgan fingerprint density at radius 3 is 2.57 bits per heavy atom. The summed E-state index contributed by atoms with van der Waals surface area (Å²) in [6.07, 6.45) is -1.96. The molecule has 0 spiro atoms. The standard InChI is InChI=1S/C7H4F2INO3/c8-6(9)4-3(7(13)14)5(12)2(10)1-11-4/h1,6H,(H,11,12)(H,13,14). The Kier molecular flexibility index (Phi) is 3.19. The molecule has 1 heterocycles. The molecule has 0 aliphatic heterocycles. The van der Waals surface area contributed by atoms with Crippen LogP contribution in [0.3, 0.4) is 0 Å². The number of carboxylic acids is 1. The van der Waals surface area contributed by atoms with Crippen LogP contribution in [0.4, 0.5) is 8.78 Å². The Bertz CT molecular complexity index is 429. The molecule has 1 aromatic heterocycles. The highest BCUT2D eigenvalue weighted by molar-refractivity contribution is 14.1. The van der Waals surface area contributed by atoms with Gasteiger partial charge in [0.15, 0.2) is 0 Å². The molecule has 4 nitrogen and oxygen atoms in total. The maximum absolute atomic E-state index is 12.3. The number of hydrogen-bond acceptors (Lipinski definition) is 2. The monoisotopic (exact) mass is 315 g/mol. The van der Waals surface area contributed by atoms with Gasteiger partial charge in [-0.15, -0.1) is 0 Å². The molecule has 0 radical (unpaired) electrons. The lowest BCUT2D eigenvalue weighted by molar-refractivity contribution is 0.0680. The highest BCUT2D eigenvalue weighted by atomic mass is 127. The minimum Gasteiger partial charge on any atom is -0.477 e. The molecule has 1 rings (SSSR count). The summed E-state index contributed by atoms with van der Waals surface area (Å²) in [5.74, 6) is -1.65. The number of alkyl halides is 2. The molecule has 0 aliphatic carbocycles. The minimum absolute atomic E-state index is 0.0596. The van der Waals surface area contributed by atoms with Gasteiger partial charge in [-0.25, -0.2) is 13.6 Å². The van der Waals surface area contributed by atoms with E-state index in [0.717, 1.165) is 6.20 Å². The molecule has 0 bridgehead atoms. The van der Waals surface area contributed by atoms with Crippen LogP contribution in [-0.2, 0) is 0 Å². The number of H-pyrrole nitrogens is 1. The zero-order valence-electron chi connectivity index (χ0n) is 6.55. The molecule has 0 atom stereocenters. The summed E-state index contributed by atoms with van der Waals surface area (Å²) in [6.45, 7) is 0. The first kappa shape index (κ1) is 11.1. The minimum atomic E-state index is -3.01. The molecule has 0 saturated carbocycles. The van der Waals surface area contributed by atoms with Crippen LogP contribution in [0.25, 0.3) is 0 Å². The second-order valence-corrected chi connectivity index (χ2v) is 3.52. The quantitative estimate of drug-likeness (QED) is 0.815. The van der Waals surface area contributed by atoms with Crippen molar-refractivity contribution in [3.8, 4) is 0 Å². The molecule has 0 saturated heterocycles.